The summed E-state index contributed by atoms with van der Waals surface area (Å²) < 4.78 is 28.7. The molecule has 3 rings (SSSR count). The van der Waals surface area contributed by atoms with Crippen molar-refractivity contribution in [3.8, 4) is 0 Å². The Morgan fingerprint density at radius 2 is 1.76 bits per heavy atom. The number of hydrogen-bond acceptors (Lipinski definition) is 2. The zero-order valence-electron chi connectivity index (χ0n) is 12.7. The Kier molecular flexibility index (Phi) is 4.43. The molecule has 0 radical (unpaired) electrons. The number of halogens is 2. The highest BCUT2D eigenvalue weighted by Gasteiger charge is 2.33. The molecule has 1 saturated heterocycles. The smallest absolute Gasteiger partial charge is 0.149 e. The van der Waals surface area contributed by atoms with Crippen LogP contribution >= 0.6 is 0 Å². The van der Waals surface area contributed by atoms with Gasteiger partial charge in [-0.05, 0) is 49.4 Å². The lowest BCUT2D eigenvalue weighted by Gasteiger charge is -2.42. The molecular weight excluding hydrogens is 270 g/mol. The van der Waals surface area contributed by atoms with Gasteiger partial charge in [0.05, 0.1) is 0 Å². The summed E-state index contributed by atoms with van der Waals surface area (Å²) in [5.41, 5.74) is 0.836. The van der Waals surface area contributed by atoms with Crippen molar-refractivity contribution in [3.05, 3.63) is 29.3 Å². The average Bonchev–Trinajstić information content (AvgIpc) is 2.47. The Bertz CT molecular complexity index is 481. The van der Waals surface area contributed by atoms with Crippen molar-refractivity contribution in [2.24, 2.45) is 11.8 Å². The first kappa shape index (κ1) is 14.8. The fraction of sp³-hybridized carbons (Fsp3) is 0.647. The molecule has 0 amide bonds. The number of benzene rings is 1. The van der Waals surface area contributed by atoms with Crippen LogP contribution in [0.3, 0.4) is 0 Å². The summed E-state index contributed by atoms with van der Waals surface area (Å²) in [6, 6.07) is 2.92. The van der Waals surface area contributed by atoms with Gasteiger partial charge in [0.25, 0.3) is 0 Å². The molecule has 2 aliphatic rings. The van der Waals surface area contributed by atoms with Gasteiger partial charge in [0.2, 0.25) is 0 Å². The van der Waals surface area contributed by atoms with Crippen molar-refractivity contribution in [2.75, 3.05) is 25.0 Å². The molecule has 0 spiro atoms. The van der Waals surface area contributed by atoms with E-state index in [-0.39, 0.29) is 5.69 Å². The lowest BCUT2D eigenvalue weighted by Crippen LogP contribution is -2.42. The molecule has 4 heteroatoms. The Labute approximate surface area is 125 Å². The predicted octanol–water partition coefficient (Wildman–Crippen LogP) is 3.70. The molecule has 1 aliphatic carbocycles. The standard InChI is InChI=1S/C17H24F2N2/c1-20-10-12-8-15(18)17(16(19)9-12)21-7-6-13-4-2-3-5-14(13)11-21/h8-9,13-14,20H,2-7,10-11H2,1H3. The highest BCUT2D eigenvalue weighted by Crippen LogP contribution is 2.38. The number of piperidine rings is 1. The van der Waals surface area contributed by atoms with Crippen LogP contribution in [0.2, 0.25) is 0 Å². The zero-order valence-corrected chi connectivity index (χ0v) is 12.7. The van der Waals surface area contributed by atoms with E-state index in [1.807, 2.05) is 4.90 Å². The summed E-state index contributed by atoms with van der Waals surface area (Å²) >= 11 is 0. The second-order valence-electron chi connectivity index (χ2n) is 6.48. The van der Waals surface area contributed by atoms with Crippen molar-refractivity contribution >= 4 is 5.69 Å². The normalized spacial score (nSPS) is 25.8. The molecule has 1 aromatic rings. The summed E-state index contributed by atoms with van der Waals surface area (Å²) in [6.07, 6.45) is 6.16. The van der Waals surface area contributed by atoms with E-state index in [1.165, 1.54) is 37.8 Å². The molecule has 0 bridgehead atoms. The summed E-state index contributed by atoms with van der Waals surface area (Å²) in [4.78, 5) is 1.93. The lowest BCUT2D eigenvalue weighted by molar-refractivity contribution is 0.201. The van der Waals surface area contributed by atoms with Crippen molar-refractivity contribution in [1.29, 1.82) is 0 Å². The molecule has 1 aromatic carbocycles. The van der Waals surface area contributed by atoms with Gasteiger partial charge in [-0.1, -0.05) is 19.3 Å². The van der Waals surface area contributed by atoms with Gasteiger partial charge in [-0.15, -0.1) is 0 Å². The van der Waals surface area contributed by atoms with Gasteiger partial charge < -0.3 is 10.2 Å². The van der Waals surface area contributed by atoms with Crippen LogP contribution in [0.1, 0.15) is 37.7 Å². The summed E-state index contributed by atoms with van der Waals surface area (Å²) in [5.74, 6) is 0.539. The second kappa shape index (κ2) is 6.30. The molecule has 2 fully saturated rings. The summed E-state index contributed by atoms with van der Waals surface area (Å²) in [7, 11) is 1.78. The second-order valence-corrected chi connectivity index (χ2v) is 6.48. The largest absolute Gasteiger partial charge is 0.366 e. The molecule has 2 unspecified atom stereocenters. The van der Waals surface area contributed by atoms with Crippen molar-refractivity contribution in [3.63, 3.8) is 0 Å². The number of rotatable bonds is 3. The van der Waals surface area contributed by atoms with E-state index in [0.29, 0.717) is 18.0 Å². The molecular formula is C17H24F2N2. The van der Waals surface area contributed by atoms with E-state index in [2.05, 4.69) is 5.32 Å². The average molecular weight is 294 g/mol. The van der Waals surface area contributed by atoms with Crippen LogP contribution in [0.15, 0.2) is 12.1 Å². The van der Waals surface area contributed by atoms with Crippen molar-refractivity contribution < 1.29 is 8.78 Å². The summed E-state index contributed by atoms with van der Waals surface area (Å²) in [6.45, 7) is 2.07. The maximum Gasteiger partial charge on any atom is 0.149 e. The number of nitrogens with zero attached hydrogens (tertiary/aromatic N) is 1. The first-order chi connectivity index (χ1) is 10.2. The summed E-state index contributed by atoms with van der Waals surface area (Å²) in [5, 5.41) is 2.93. The van der Waals surface area contributed by atoms with Gasteiger partial charge >= 0.3 is 0 Å². The first-order valence-corrected chi connectivity index (χ1v) is 8.06. The van der Waals surface area contributed by atoms with E-state index in [4.69, 9.17) is 0 Å². The molecule has 0 aromatic heterocycles. The Hall–Kier alpha value is -1.16. The maximum atomic E-state index is 14.3. The molecule has 21 heavy (non-hydrogen) atoms. The lowest BCUT2D eigenvalue weighted by atomic mass is 9.75. The van der Waals surface area contributed by atoms with Crippen LogP contribution in [-0.4, -0.2) is 20.1 Å². The van der Waals surface area contributed by atoms with Gasteiger partial charge in [-0.3, -0.25) is 0 Å². The Balaban J connectivity index is 1.80. The molecule has 2 nitrogen and oxygen atoms in total. The number of hydrogen-bond donors (Lipinski definition) is 1. The third kappa shape index (κ3) is 3.05. The van der Waals surface area contributed by atoms with E-state index in [0.717, 1.165) is 25.4 Å². The van der Waals surface area contributed by atoms with Crippen LogP contribution < -0.4 is 10.2 Å². The van der Waals surface area contributed by atoms with E-state index >= 15 is 0 Å². The quantitative estimate of drug-likeness (QED) is 0.914. The fourth-order valence-corrected chi connectivity index (χ4v) is 4.03. The van der Waals surface area contributed by atoms with Gasteiger partial charge in [-0.2, -0.15) is 0 Å². The molecule has 1 N–H and O–H groups in total. The van der Waals surface area contributed by atoms with Gasteiger partial charge in [0.15, 0.2) is 0 Å². The number of nitrogens with one attached hydrogen (secondary N) is 1. The highest BCUT2D eigenvalue weighted by molar-refractivity contribution is 5.51. The Morgan fingerprint density at radius 3 is 2.43 bits per heavy atom. The van der Waals surface area contributed by atoms with Gasteiger partial charge in [0, 0.05) is 19.6 Å². The SMILES string of the molecule is CNCc1cc(F)c(N2CCC3CCCCC3C2)c(F)c1. The zero-order chi connectivity index (χ0) is 14.8. The van der Waals surface area contributed by atoms with Crippen LogP contribution in [0, 0.1) is 23.5 Å². The topological polar surface area (TPSA) is 15.3 Å². The minimum Gasteiger partial charge on any atom is -0.366 e. The van der Waals surface area contributed by atoms with E-state index in [1.54, 1.807) is 7.05 Å². The highest BCUT2D eigenvalue weighted by atomic mass is 19.1. The Morgan fingerprint density at radius 1 is 1.10 bits per heavy atom. The van der Waals surface area contributed by atoms with Crippen LogP contribution in [0.4, 0.5) is 14.5 Å². The number of anilines is 1. The van der Waals surface area contributed by atoms with Gasteiger partial charge in [0.1, 0.15) is 17.3 Å². The predicted molar refractivity (Wildman–Crippen MR) is 81.4 cm³/mol. The van der Waals surface area contributed by atoms with Crippen LogP contribution in [0.25, 0.3) is 0 Å². The van der Waals surface area contributed by atoms with Crippen molar-refractivity contribution in [2.45, 2.75) is 38.6 Å². The van der Waals surface area contributed by atoms with Crippen LogP contribution in [0.5, 0.6) is 0 Å². The molecule has 1 aliphatic heterocycles. The van der Waals surface area contributed by atoms with Crippen molar-refractivity contribution in [1.82, 2.24) is 5.32 Å². The third-order valence-corrected chi connectivity index (χ3v) is 5.07. The van der Waals surface area contributed by atoms with Crippen LogP contribution in [-0.2, 0) is 6.54 Å². The molecule has 1 heterocycles. The number of fused-ring (bicyclic) bond motifs is 1. The maximum absolute atomic E-state index is 14.3. The molecule has 116 valence electrons. The van der Waals surface area contributed by atoms with E-state index < -0.39 is 11.6 Å². The minimum absolute atomic E-state index is 0.180. The van der Waals surface area contributed by atoms with E-state index in [9.17, 15) is 8.78 Å². The molecule has 1 saturated carbocycles. The molecule has 2 atom stereocenters. The third-order valence-electron chi connectivity index (χ3n) is 5.07. The first-order valence-electron chi connectivity index (χ1n) is 8.06. The minimum atomic E-state index is -0.422. The fourth-order valence-electron chi connectivity index (χ4n) is 4.03. The monoisotopic (exact) mass is 294 g/mol. The van der Waals surface area contributed by atoms with Gasteiger partial charge in [-0.25, -0.2) is 8.78 Å².